The Bertz CT molecular complexity index is 536. The highest BCUT2D eigenvalue weighted by Crippen LogP contribution is 2.57. The highest BCUT2D eigenvalue weighted by Gasteiger charge is 2.55. The van der Waals surface area contributed by atoms with Crippen molar-refractivity contribution in [1.82, 2.24) is 0 Å². The molecule has 108 valence electrons. The molecule has 1 aromatic rings. The first-order chi connectivity index (χ1) is 9.52. The molecule has 2 nitrogen and oxygen atoms in total. The lowest BCUT2D eigenvalue weighted by Crippen LogP contribution is -2.52. The van der Waals surface area contributed by atoms with Crippen LogP contribution in [0.3, 0.4) is 0 Å². The molecule has 2 aliphatic rings. The Kier molecular flexibility index (Phi) is 3.15. The highest BCUT2D eigenvalue weighted by molar-refractivity contribution is 5.77. The number of carbonyl (C=O) groups is 1. The number of esters is 1. The first-order valence-corrected chi connectivity index (χ1v) is 7.69. The smallest absolute Gasteiger partial charge is 0.311 e. The Morgan fingerprint density at radius 1 is 1.25 bits per heavy atom. The van der Waals surface area contributed by atoms with Crippen LogP contribution in [-0.2, 0) is 21.4 Å². The van der Waals surface area contributed by atoms with Crippen LogP contribution in [0.2, 0.25) is 0 Å². The second-order valence-electron chi connectivity index (χ2n) is 6.93. The van der Waals surface area contributed by atoms with E-state index in [4.69, 9.17) is 4.74 Å². The molecule has 1 saturated carbocycles. The minimum absolute atomic E-state index is 0.0205. The molecule has 0 unspecified atom stereocenters. The monoisotopic (exact) mass is 272 g/mol. The van der Waals surface area contributed by atoms with E-state index in [1.807, 2.05) is 0 Å². The normalized spacial score (nSPS) is 35.9. The van der Waals surface area contributed by atoms with E-state index in [0.29, 0.717) is 5.92 Å². The van der Waals surface area contributed by atoms with Gasteiger partial charge in [0.1, 0.15) is 0 Å². The van der Waals surface area contributed by atoms with Gasteiger partial charge in [-0.15, -0.1) is 0 Å². The summed E-state index contributed by atoms with van der Waals surface area (Å²) in [5, 5.41) is 0. The van der Waals surface area contributed by atoms with E-state index in [9.17, 15) is 4.79 Å². The molecule has 0 amide bonds. The Balaban J connectivity index is 2.08. The quantitative estimate of drug-likeness (QED) is 0.725. The Morgan fingerprint density at radius 3 is 2.75 bits per heavy atom. The fourth-order valence-electron chi connectivity index (χ4n) is 4.91. The molecule has 2 heteroatoms. The van der Waals surface area contributed by atoms with Gasteiger partial charge in [-0.25, -0.2) is 0 Å². The van der Waals surface area contributed by atoms with Crippen molar-refractivity contribution >= 4 is 5.97 Å². The fraction of sp³-hybridized carbons (Fsp3) is 0.611. The van der Waals surface area contributed by atoms with E-state index in [0.717, 1.165) is 25.7 Å². The Morgan fingerprint density at radius 2 is 2.00 bits per heavy atom. The zero-order chi connectivity index (χ0) is 14.4. The minimum Gasteiger partial charge on any atom is -0.469 e. The molecule has 2 aliphatic carbocycles. The number of hydrogen-bond donors (Lipinski definition) is 0. The van der Waals surface area contributed by atoms with Crippen LogP contribution < -0.4 is 0 Å². The van der Waals surface area contributed by atoms with Crippen LogP contribution in [0.5, 0.6) is 0 Å². The Labute approximate surface area is 121 Å². The van der Waals surface area contributed by atoms with E-state index in [2.05, 4.69) is 38.1 Å². The van der Waals surface area contributed by atoms with Crippen molar-refractivity contribution in [2.24, 2.45) is 11.3 Å². The first kappa shape index (κ1) is 13.7. The maximum absolute atomic E-state index is 12.4. The summed E-state index contributed by atoms with van der Waals surface area (Å²) in [6.45, 7) is 4.48. The second kappa shape index (κ2) is 4.61. The number of fused-ring (bicyclic) bond motifs is 3. The fourth-order valence-corrected chi connectivity index (χ4v) is 4.91. The molecule has 0 aliphatic heterocycles. The molecule has 1 fully saturated rings. The summed E-state index contributed by atoms with van der Waals surface area (Å²) >= 11 is 0. The van der Waals surface area contributed by atoms with Crippen LogP contribution in [0.1, 0.15) is 50.7 Å². The van der Waals surface area contributed by atoms with Crippen molar-refractivity contribution in [2.75, 3.05) is 7.11 Å². The summed E-state index contributed by atoms with van der Waals surface area (Å²) in [7, 11) is 1.52. The van der Waals surface area contributed by atoms with E-state index in [-0.39, 0.29) is 16.8 Å². The number of benzene rings is 1. The lowest BCUT2D eigenvalue weighted by Gasteiger charge is -2.54. The van der Waals surface area contributed by atoms with Crippen LogP contribution in [0.4, 0.5) is 0 Å². The predicted molar refractivity (Wildman–Crippen MR) is 79.6 cm³/mol. The standard InChI is InChI=1S/C18H24O2/c1-17-11-6-12-18(2,16(19)20-3)15(17)10-9-13-7-4-5-8-14(13)17/h4-5,7-8,15H,6,9-12H2,1-3H3/t15-,17+,18+/m0/s1. The van der Waals surface area contributed by atoms with Gasteiger partial charge >= 0.3 is 5.97 Å². The minimum atomic E-state index is -0.324. The lowest BCUT2D eigenvalue weighted by atomic mass is 9.50. The molecule has 0 heterocycles. The van der Waals surface area contributed by atoms with Crippen molar-refractivity contribution < 1.29 is 9.53 Å². The van der Waals surface area contributed by atoms with Gasteiger partial charge in [0, 0.05) is 0 Å². The molecule has 0 radical (unpaired) electrons. The Hall–Kier alpha value is -1.31. The molecule has 3 rings (SSSR count). The van der Waals surface area contributed by atoms with Gasteiger partial charge in [-0.2, -0.15) is 0 Å². The molecule has 1 aromatic carbocycles. The predicted octanol–water partition coefficient (Wildman–Crippen LogP) is 3.87. The first-order valence-electron chi connectivity index (χ1n) is 7.69. The van der Waals surface area contributed by atoms with Crippen molar-refractivity contribution in [3.05, 3.63) is 35.4 Å². The lowest BCUT2D eigenvalue weighted by molar-refractivity contribution is -0.161. The third kappa shape index (κ3) is 1.73. The molecule has 0 saturated heterocycles. The summed E-state index contributed by atoms with van der Waals surface area (Å²) in [5.74, 6) is 0.374. The highest BCUT2D eigenvalue weighted by atomic mass is 16.5. The summed E-state index contributed by atoms with van der Waals surface area (Å²) in [5.41, 5.74) is 2.73. The van der Waals surface area contributed by atoms with Gasteiger partial charge in [0.15, 0.2) is 0 Å². The molecular weight excluding hydrogens is 248 g/mol. The topological polar surface area (TPSA) is 26.3 Å². The third-order valence-corrected chi connectivity index (χ3v) is 5.92. The third-order valence-electron chi connectivity index (χ3n) is 5.92. The van der Waals surface area contributed by atoms with Crippen molar-refractivity contribution in [1.29, 1.82) is 0 Å². The van der Waals surface area contributed by atoms with Crippen molar-refractivity contribution in [3.8, 4) is 0 Å². The van der Waals surface area contributed by atoms with E-state index < -0.39 is 0 Å². The van der Waals surface area contributed by atoms with Crippen LogP contribution in [0.15, 0.2) is 24.3 Å². The molecule has 0 N–H and O–H groups in total. The largest absolute Gasteiger partial charge is 0.469 e. The summed E-state index contributed by atoms with van der Waals surface area (Å²) < 4.78 is 5.14. The van der Waals surface area contributed by atoms with Gasteiger partial charge in [0.05, 0.1) is 12.5 Å². The number of aryl methyl sites for hydroxylation is 1. The van der Waals surface area contributed by atoms with Crippen LogP contribution in [-0.4, -0.2) is 13.1 Å². The van der Waals surface area contributed by atoms with E-state index >= 15 is 0 Å². The molecule has 3 atom stereocenters. The molecule has 0 bridgehead atoms. The zero-order valence-corrected chi connectivity index (χ0v) is 12.7. The van der Waals surface area contributed by atoms with E-state index in [1.165, 1.54) is 24.7 Å². The zero-order valence-electron chi connectivity index (χ0n) is 12.7. The van der Waals surface area contributed by atoms with Gasteiger partial charge in [0.25, 0.3) is 0 Å². The van der Waals surface area contributed by atoms with Gasteiger partial charge in [0.2, 0.25) is 0 Å². The number of ether oxygens (including phenoxy) is 1. The SMILES string of the molecule is COC(=O)[C@]1(C)CCC[C@]2(C)c3ccccc3CC[C@H]12. The van der Waals surface area contributed by atoms with E-state index in [1.54, 1.807) is 0 Å². The summed E-state index contributed by atoms with van der Waals surface area (Å²) in [6, 6.07) is 8.78. The molecule has 0 spiro atoms. The van der Waals surface area contributed by atoms with Crippen LogP contribution in [0.25, 0.3) is 0 Å². The average molecular weight is 272 g/mol. The van der Waals surface area contributed by atoms with Gasteiger partial charge < -0.3 is 4.74 Å². The van der Waals surface area contributed by atoms with Crippen LogP contribution >= 0.6 is 0 Å². The van der Waals surface area contributed by atoms with Crippen LogP contribution in [0, 0.1) is 11.3 Å². The van der Waals surface area contributed by atoms with Gasteiger partial charge in [-0.05, 0) is 55.1 Å². The number of hydrogen-bond acceptors (Lipinski definition) is 2. The maximum atomic E-state index is 12.4. The molecule has 0 aromatic heterocycles. The number of rotatable bonds is 1. The summed E-state index contributed by atoms with van der Waals surface area (Å²) in [6.07, 6.45) is 5.43. The molecular formula is C18H24O2. The second-order valence-corrected chi connectivity index (χ2v) is 6.93. The molecule has 20 heavy (non-hydrogen) atoms. The van der Waals surface area contributed by atoms with Gasteiger partial charge in [-0.3, -0.25) is 4.79 Å². The van der Waals surface area contributed by atoms with Crippen molar-refractivity contribution in [3.63, 3.8) is 0 Å². The maximum Gasteiger partial charge on any atom is 0.311 e. The average Bonchev–Trinajstić information content (AvgIpc) is 2.46. The summed E-state index contributed by atoms with van der Waals surface area (Å²) in [4.78, 5) is 12.4. The van der Waals surface area contributed by atoms with Crippen molar-refractivity contribution in [2.45, 2.75) is 51.4 Å². The van der Waals surface area contributed by atoms with Gasteiger partial charge in [-0.1, -0.05) is 37.6 Å². The number of carbonyl (C=O) groups excluding carboxylic acids is 1. The number of methoxy groups -OCH3 is 1.